The van der Waals surface area contributed by atoms with Crippen molar-refractivity contribution >= 4 is 23.2 Å². The van der Waals surface area contributed by atoms with E-state index < -0.39 is 16.7 Å². The van der Waals surface area contributed by atoms with E-state index in [1.807, 2.05) is 13.0 Å². The van der Waals surface area contributed by atoms with Gasteiger partial charge in [0.15, 0.2) is 5.69 Å². The smallest absolute Gasteiger partial charge is 0.312 e. The van der Waals surface area contributed by atoms with E-state index in [1.54, 1.807) is 47.6 Å². The summed E-state index contributed by atoms with van der Waals surface area (Å²) in [4.78, 5) is 35.6. The molecule has 2 aromatic heterocycles. The van der Waals surface area contributed by atoms with Crippen molar-refractivity contribution in [3.8, 4) is 0 Å². The number of carbonyl (C=O) groups excluding carboxylic acids is 2. The number of hydrogen-bond donors (Lipinski definition) is 2. The Morgan fingerprint density at radius 3 is 2.55 bits per heavy atom. The van der Waals surface area contributed by atoms with Crippen LogP contribution < -0.4 is 10.6 Å². The Morgan fingerprint density at radius 2 is 1.94 bits per heavy atom. The van der Waals surface area contributed by atoms with Crippen molar-refractivity contribution in [1.82, 2.24) is 24.9 Å². The highest BCUT2D eigenvalue weighted by Crippen LogP contribution is 2.23. The van der Waals surface area contributed by atoms with Crippen molar-refractivity contribution in [2.75, 3.05) is 12.4 Å². The molecule has 0 aliphatic carbocycles. The minimum atomic E-state index is -0.446. The molecule has 0 saturated carbocycles. The molecule has 0 atom stereocenters. The van der Waals surface area contributed by atoms with Crippen LogP contribution in [0.2, 0.25) is 0 Å². The SMILES string of the molecule is CCn1cc(NC(=O)c2cccc(Cn3nc(C)c([N+](=O)[O-])c3C)c2)c(C(=O)NC)n1. The summed E-state index contributed by atoms with van der Waals surface area (Å²) in [5.41, 5.74) is 2.34. The fourth-order valence-corrected chi connectivity index (χ4v) is 3.24. The van der Waals surface area contributed by atoms with E-state index >= 15 is 0 Å². The summed E-state index contributed by atoms with van der Waals surface area (Å²) < 4.78 is 3.10. The molecular formula is C20H23N7O4. The molecule has 1 aromatic carbocycles. The number of carbonyl (C=O) groups is 2. The van der Waals surface area contributed by atoms with Gasteiger partial charge in [0.05, 0.1) is 17.2 Å². The number of rotatable bonds is 7. The Labute approximate surface area is 178 Å². The second-order valence-corrected chi connectivity index (χ2v) is 6.91. The first-order valence-corrected chi connectivity index (χ1v) is 9.63. The van der Waals surface area contributed by atoms with Gasteiger partial charge in [0, 0.05) is 25.4 Å². The number of nitrogens with one attached hydrogen (secondary N) is 2. The summed E-state index contributed by atoms with van der Waals surface area (Å²) in [6, 6.07) is 6.86. The van der Waals surface area contributed by atoms with E-state index in [2.05, 4.69) is 20.8 Å². The number of aryl methyl sites for hydroxylation is 2. The molecule has 0 aliphatic heterocycles. The van der Waals surface area contributed by atoms with Gasteiger partial charge in [0.1, 0.15) is 11.4 Å². The van der Waals surface area contributed by atoms with Crippen molar-refractivity contribution in [2.24, 2.45) is 0 Å². The Bertz CT molecular complexity index is 1160. The largest absolute Gasteiger partial charge is 0.354 e. The summed E-state index contributed by atoms with van der Waals surface area (Å²) in [6.07, 6.45) is 1.60. The Kier molecular flexibility index (Phi) is 6.14. The number of aromatic nitrogens is 4. The maximum atomic E-state index is 12.8. The fourth-order valence-electron chi connectivity index (χ4n) is 3.24. The third-order valence-electron chi connectivity index (χ3n) is 4.82. The van der Waals surface area contributed by atoms with Crippen LogP contribution in [0.4, 0.5) is 11.4 Å². The monoisotopic (exact) mass is 425 g/mol. The molecule has 3 rings (SSSR count). The molecule has 0 spiro atoms. The molecule has 0 unspecified atom stereocenters. The number of nitrogens with zero attached hydrogens (tertiary/aromatic N) is 5. The molecule has 2 N–H and O–H groups in total. The second-order valence-electron chi connectivity index (χ2n) is 6.91. The average molecular weight is 425 g/mol. The van der Waals surface area contributed by atoms with Crippen LogP contribution in [-0.2, 0) is 13.1 Å². The van der Waals surface area contributed by atoms with Crippen molar-refractivity contribution in [3.63, 3.8) is 0 Å². The fraction of sp³-hybridized carbons (Fsp3) is 0.300. The van der Waals surface area contributed by atoms with Crippen LogP contribution in [0.3, 0.4) is 0 Å². The lowest BCUT2D eigenvalue weighted by Crippen LogP contribution is -2.21. The molecule has 162 valence electrons. The molecule has 2 amide bonds. The van der Waals surface area contributed by atoms with Gasteiger partial charge >= 0.3 is 5.69 Å². The standard InChI is InChI=1S/C20H23N7O4/c1-5-25-11-16(17(24-25)20(29)21-4)22-19(28)15-8-6-7-14(9-15)10-26-13(3)18(27(30)31)12(2)23-26/h6-9,11H,5,10H2,1-4H3,(H,21,29)(H,22,28). The van der Waals surface area contributed by atoms with Gasteiger partial charge in [-0.25, -0.2) is 0 Å². The maximum absolute atomic E-state index is 12.8. The highest BCUT2D eigenvalue weighted by molar-refractivity contribution is 6.08. The highest BCUT2D eigenvalue weighted by atomic mass is 16.6. The lowest BCUT2D eigenvalue weighted by Gasteiger charge is -2.08. The molecule has 3 aromatic rings. The lowest BCUT2D eigenvalue weighted by molar-refractivity contribution is -0.386. The Hall–Kier alpha value is -4.02. The number of anilines is 1. The minimum absolute atomic E-state index is 0.0106. The molecule has 11 heteroatoms. The van der Waals surface area contributed by atoms with E-state index in [9.17, 15) is 19.7 Å². The molecule has 2 heterocycles. The first-order chi connectivity index (χ1) is 14.7. The molecule has 0 radical (unpaired) electrons. The predicted octanol–water partition coefficient (Wildman–Crippen LogP) is 2.28. The van der Waals surface area contributed by atoms with Crippen LogP contribution in [0.1, 0.15) is 44.7 Å². The van der Waals surface area contributed by atoms with E-state index in [0.717, 1.165) is 5.56 Å². The zero-order chi connectivity index (χ0) is 22.7. The highest BCUT2D eigenvalue weighted by Gasteiger charge is 2.22. The maximum Gasteiger partial charge on any atom is 0.312 e. The topological polar surface area (TPSA) is 137 Å². The van der Waals surface area contributed by atoms with Crippen LogP contribution in [0.5, 0.6) is 0 Å². The number of amides is 2. The van der Waals surface area contributed by atoms with Gasteiger partial charge in [-0.3, -0.25) is 29.1 Å². The molecule has 0 fully saturated rings. The molecular weight excluding hydrogens is 402 g/mol. The average Bonchev–Trinajstić information content (AvgIpc) is 3.27. The lowest BCUT2D eigenvalue weighted by atomic mass is 10.1. The Morgan fingerprint density at radius 1 is 1.19 bits per heavy atom. The van der Waals surface area contributed by atoms with E-state index in [1.165, 1.54) is 7.05 Å². The molecule has 31 heavy (non-hydrogen) atoms. The second kappa shape index (κ2) is 8.78. The third kappa shape index (κ3) is 4.44. The molecule has 0 saturated heterocycles. The quantitative estimate of drug-likeness (QED) is 0.440. The van der Waals surface area contributed by atoms with Crippen LogP contribution in [-0.4, -0.2) is 43.3 Å². The van der Waals surface area contributed by atoms with E-state index in [0.29, 0.717) is 29.2 Å². The van der Waals surface area contributed by atoms with Gasteiger partial charge in [-0.15, -0.1) is 0 Å². The van der Waals surface area contributed by atoms with E-state index in [4.69, 9.17) is 0 Å². The summed E-state index contributed by atoms with van der Waals surface area (Å²) >= 11 is 0. The normalized spacial score (nSPS) is 10.7. The first-order valence-electron chi connectivity index (χ1n) is 9.63. The van der Waals surface area contributed by atoms with Crippen molar-refractivity contribution in [2.45, 2.75) is 33.9 Å². The van der Waals surface area contributed by atoms with Crippen LogP contribution in [0.15, 0.2) is 30.5 Å². The summed E-state index contributed by atoms with van der Waals surface area (Å²) in [6.45, 7) is 5.93. The van der Waals surface area contributed by atoms with Crippen molar-refractivity contribution < 1.29 is 14.5 Å². The van der Waals surface area contributed by atoms with Crippen molar-refractivity contribution in [3.05, 3.63) is 68.8 Å². The molecule has 0 aliphatic rings. The third-order valence-corrected chi connectivity index (χ3v) is 4.82. The number of benzene rings is 1. The van der Waals surface area contributed by atoms with Gasteiger partial charge in [0.2, 0.25) is 0 Å². The minimum Gasteiger partial charge on any atom is -0.354 e. The summed E-state index contributed by atoms with van der Waals surface area (Å²) in [5, 5.41) is 24.9. The van der Waals surface area contributed by atoms with E-state index in [-0.39, 0.29) is 17.9 Å². The number of nitro groups is 1. The summed E-state index contributed by atoms with van der Waals surface area (Å²) in [7, 11) is 1.49. The molecule has 0 bridgehead atoms. The zero-order valence-electron chi connectivity index (χ0n) is 17.7. The number of hydrogen-bond acceptors (Lipinski definition) is 6. The van der Waals surface area contributed by atoms with Gasteiger partial charge < -0.3 is 10.6 Å². The van der Waals surface area contributed by atoms with Crippen molar-refractivity contribution in [1.29, 1.82) is 0 Å². The van der Waals surface area contributed by atoms with Gasteiger partial charge in [0.25, 0.3) is 11.8 Å². The van der Waals surface area contributed by atoms with Gasteiger partial charge in [-0.2, -0.15) is 10.2 Å². The van der Waals surface area contributed by atoms with Crippen LogP contribution in [0.25, 0.3) is 0 Å². The zero-order valence-corrected chi connectivity index (χ0v) is 17.7. The molecule has 11 nitrogen and oxygen atoms in total. The van der Waals surface area contributed by atoms with Gasteiger partial charge in [-0.05, 0) is 38.5 Å². The van der Waals surface area contributed by atoms with Crippen LogP contribution in [0, 0.1) is 24.0 Å². The Balaban J connectivity index is 1.83. The summed E-state index contributed by atoms with van der Waals surface area (Å²) in [5.74, 6) is -0.802. The predicted molar refractivity (Wildman–Crippen MR) is 113 cm³/mol. The van der Waals surface area contributed by atoms with Crippen LogP contribution >= 0.6 is 0 Å². The first kappa shape index (κ1) is 21.7. The van der Waals surface area contributed by atoms with Gasteiger partial charge in [-0.1, -0.05) is 12.1 Å².